The first-order valence-electron chi connectivity index (χ1n) is 17.0. The molecule has 2 aromatic rings. The number of piperazine rings is 1. The maximum Gasteiger partial charge on any atom is 0.431 e. The topological polar surface area (TPSA) is 104 Å². The predicted molar refractivity (Wildman–Crippen MR) is 173 cm³/mol. The van der Waals surface area contributed by atoms with Gasteiger partial charge in [-0.1, -0.05) is 12.1 Å². The van der Waals surface area contributed by atoms with Gasteiger partial charge in [0.15, 0.2) is 0 Å². The van der Waals surface area contributed by atoms with E-state index in [0.29, 0.717) is 36.9 Å². The van der Waals surface area contributed by atoms with Gasteiger partial charge >= 0.3 is 6.09 Å². The lowest BCUT2D eigenvalue weighted by Gasteiger charge is -2.58. The zero-order valence-electron chi connectivity index (χ0n) is 26.1. The second kappa shape index (κ2) is 11.7. The molecule has 240 valence electrons. The number of fused-ring (bicyclic) bond motifs is 1. The highest BCUT2D eigenvalue weighted by Crippen LogP contribution is 2.60. The van der Waals surface area contributed by atoms with E-state index in [0.717, 1.165) is 101 Å². The van der Waals surface area contributed by atoms with Gasteiger partial charge in [0.2, 0.25) is 5.91 Å². The molecule has 6 fully saturated rings. The van der Waals surface area contributed by atoms with E-state index in [1.807, 2.05) is 18.2 Å². The quantitative estimate of drug-likeness (QED) is 0.498. The Morgan fingerprint density at radius 3 is 2.18 bits per heavy atom. The summed E-state index contributed by atoms with van der Waals surface area (Å²) < 4.78 is 5.56. The van der Waals surface area contributed by atoms with Gasteiger partial charge in [-0.15, -0.1) is 0 Å². The molecule has 0 radical (unpaired) electrons. The number of benzene rings is 2. The van der Waals surface area contributed by atoms with Gasteiger partial charge in [0, 0.05) is 74.8 Å². The summed E-state index contributed by atoms with van der Waals surface area (Å²) in [6.45, 7) is 7.35. The van der Waals surface area contributed by atoms with Gasteiger partial charge in [0.1, 0.15) is 0 Å². The van der Waals surface area contributed by atoms with Crippen molar-refractivity contribution in [1.29, 1.82) is 0 Å². The average Bonchev–Trinajstić information content (AvgIpc) is 3.07. The van der Waals surface area contributed by atoms with Crippen molar-refractivity contribution in [3.05, 3.63) is 48.5 Å². The van der Waals surface area contributed by atoms with Crippen LogP contribution in [0.3, 0.4) is 0 Å². The smallest absolute Gasteiger partial charge is 0.381 e. The number of rotatable bonds is 6. The van der Waals surface area contributed by atoms with E-state index in [-0.39, 0.29) is 17.4 Å². The van der Waals surface area contributed by atoms with Crippen LogP contribution in [0.4, 0.5) is 27.5 Å². The molecule has 4 bridgehead atoms. The molecule has 4 saturated carbocycles. The number of ether oxygens (including phenoxy) is 1. The van der Waals surface area contributed by atoms with E-state index in [1.165, 1.54) is 5.69 Å². The minimum atomic E-state index is -0.412. The minimum Gasteiger partial charge on any atom is -0.381 e. The van der Waals surface area contributed by atoms with Gasteiger partial charge in [-0.25, -0.2) is 9.86 Å². The third kappa shape index (κ3) is 5.39. The molecule has 5 atom stereocenters. The van der Waals surface area contributed by atoms with Gasteiger partial charge in [0.25, 0.3) is 0 Å². The van der Waals surface area contributed by atoms with Gasteiger partial charge in [-0.3, -0.25) is 9.69 Å². The first-order valence-corrected chi connectivity index (χ1v) is 17.0. The first kappa shape index (κ1) is 28.9. The Kier molecular flexibility index (Phi) is 7.52. The summed E-state index contributed by atoms with van der Waals surface area (Å²) in [5, 5.41) is 4.95. The van der Waals surface area contributed by atoms with E-state index in [1.54, 1.807) is 5.06 Å². The highest BCUT2D eigenvalue weighted by atomic mass is 16.7. The number of amides is 2. The maximum absolute atomic E-state index is 13.3. The number of hydroxylamine groups is 1. The number of para-hydroxylation sites is 2. The third-order valence-corrected chi connectivity index (χ3v) is 11.8. The predicted octanol–water partition coefficient (Wildman–Crippen LogP) is 4.27. The number of nitrogens with zero attached hydrogens (tertiary/aromatic N) is 4. The molecule has 3 heterocycles. The highest BCUT2D eigenvalue weighted by Gasteiger charge is 2.58. The number of hydrogen-bond acceptors (Lipinski definition) is 8. The summed E-state index contributed by atoms with van der Waals surface area (Å²) >= 11 is 0. The maximum atomic E-state index is 13.3. The Bertz CT molecular complexity index is 1390. The summed E-state index contributed by atoms with van der Waals surface area (Å²) in [4.78, 5) is 39.0. The normalized spacial score (nSPS) is 31.5. The number of nitrogens with one attached hydrogen (secondary N) is 1. The molecule has 10 heteroatoms. The van der Waals surface area contributed by atoms with Gasteiger partial charge in [-0.05, 0) is 99.1 Å². The number of nitrogens with two attached hydrogens (primary N) is 1. The molecule has 2 amide bonds. The van der Waals surface area contributed by atoms with Gasteiger partial charge in [-0.2, -0.15) is 0 Å². The summed E-state index contributed by atoms with van der Waals surface area (Å²) in [5.74, 6) is 0.972. The molecular weight excluding hydrogens is 568 g/mol. The molecule has 10 nitrogen and oxygen atoms in total. The number of carbonyl (C=O) groups is 2. The van der Waals surface area contributed by atoms with Crippen LogP contribution in [0.25, 0.3) is 0 Å². The fourth-order valence-corrected chi connectivity index (χ4v) is 9.76. The van der Waals surface area contributed by atoms with Crippen LogP contribution in [0, 0.1) is 23.2 Å². The van der Waals surface area contributed by atoms with Crippen LogP contribution in [0.1, 0.15) is 44.9 Å². The van der Waals surface area contributed by atoms with E-state index in [9.17, 15) is 9.59 Å². The molecule has 0 aromatic heterocycles. The van der Waals surface area contributed by atoms with Crippen LogP contribution in [-0.4, -0.2) is 81.5 Å². The van der Waals surface area contributed by atoms with Crippen molar-refractivity contribution >= 4 is 34.7 Å². The fraction of sp³-hybridized carbons (Fsp3) is 0.600. The van der Waals surface area contributed by atoms with E-state index in [2.05, 4.69) is 50.3 Å². The molecule has 2 saturated heterocycles. The number of primary amides is 1. The summed E-state index contributed by atoms with van der Waals surface area (Å²) in [6.07, 6.45) is 6.50. The van der Waals surface area contributed by atoms with Crippen LogP contribution in [0.15, 0.2) is 48.5 Å². The minimum absolute atomic E-state index is 0.0430. The molecule has 7 aliphatic rings. The number of anilines is 4. The lowest BCUT2D eigenvalue weighted by atomic mass is 9.47. The van der Waals surface area contributed by atoms with E-state index >= 15 is 0 Å². The lowest BCUT2D eigenvalue weighted by molar-refractivity contribution is -0.145. The zero-order chi connectivity index (χ0) is 30.5. The average molecular weight is 615 g/mol. The fourth-order valence-electron chi connectivity index (χ4n) is 9.76. The molecule has 45 heavy (non-hydrogen) atoms. The second-order valence-electron chi connectivity index (χ2n) is 14.3. The van der Waals surface area contributed by atoms with Crippen molar-refractivity contribution in [3.8, 4) is 0 Å². The molecule has 3 unspecified atom stereocenters. The summed E-state index contributed by atoms with van der Waals surface area (Å²) in [6, 6.07) is 17.7. The van der Waals surface area contributed by atoms with Crippen molar-refractivity contribution in [2.45, 2.75) is 57.0 Å². The summed E-state index contributed by atoms with van der Waals surface area (Å²) in [5.41, 5.74) is 9.79. The van der Waals surface area contributed by atoms with Crippen LogP contribution in [0.2, 0.25) is 0 Å². The monoisotopic (exact) mass is 614 g/mol. The van der Waals surface area contributed by atoms with Crippen LogP contribution < -0.4 is 25.9 Å². The van der Waals surface area contributed by atoms with E-state index in [4.69, 9.17) is 15.3 Å². The first-order chi connectivity index (χ1) is 22.0. The number of hydrogen-bond donors (Lipinski definition) is 2. The van der Waals surface area contributed by atoms with Gasteiger partial charge in [0.05, 0.1) is 17.9 Å². The lowest BCUT2D eigenvalue weighted by Crippen LogP contribution is -2.62. The molecule has 3 N–H and O–H groups in total. The standard InChI is InChI=1S/C35H46N6O4/c36-33(42)35-21-24-19-25(22-35)32(26(20-24)23-35)37-34(43)45-41-16-15-40(30-3-1-2-4-31(30)41)29-7-5-27(6-8-29)38-11-13-39(14-12-38)28-9-17-44-18-10-28/h1-8,24-26,28,32H,9-23H2,(H2,36,42)(H,37,43)/t24?,25-,26+,32?,35?. The number of carbonyl (C=O) groups excluding carboxylic acids is 2. The highest BCUT2D eigenvalue weighted by molar-refractivity contribution is 5.82. The molecule has 2 aromatic carbocycles. The van der Waals surface area contributed by atoms with Gasteiger partial charge < -0.3 is 30.4 Å². The molecule has 3 aliphatic heterocycles. The van der Waals surface area contributed by atoms with Crippen molar-refractivity contribution in [2.75, 3.05) is 67.3 Å². The van der Waals surface area contributed by atoms with E-state index < -0.39 is 6.09 Å². The molecule has 0 spiro atoms. The van der Waals surface area contributed by atoms with Crippen LogP contribution >= 0.6 is 0 Å². The van der Waals surface area contributed by atoms with Crippen LogP contribution in [0.5, 0.6) is 0 Å². The largest absolute Gasteiger partial charge is 0.431 e. The Hall–Kier alpha value is -3.50. The Morgan fingerprint density at radius 2 is 1.49 bits per heavy atom. The van der Waals surface area contributed by atoms with Crippen LogP contribution in [-0.2, 0) is 14.4 Å². The third-order valence-electron chi connectivity index (χ3n) is 11.8. The van der Waals surface area contributed by atoms with Crippen molar-refractivity contribution in [3.63, 3.8) is 0 Å². The second-order valence-corrected chi connectivity index (χ2v) is 14.3. The molecular formula is C35H46N6O4. The van der Waals surface area contributed by atoms with Crippen molar-refractivity contribution in [2.24, 2.45) is 28.9 Å². The Morgan fingerprint density at radius 1 is 0.822 bits per heavy atom. The Labute approximate surface area is 265 Å². The molecule has 4 aliphatic carbocycles. The Balaban J connectivity index is 0.900. The van der Waals surface area contributed by atoms with Crippen molar-refractivity contribution < 1.29 is 19.2 Å². The summed E-state index contributed by atoms with van der Waals surface area (Å²) in [7, 11) is 0. The zero-order valence-corrected chi connectivity index (χ0v) is 26.1. The molecule has 9 rings (SSSR count). The van der Waals surface area contributed by atoms with Crippen molar-refractivity contribution in [1.82, 2.24) is 10.2 Å². The SMILES string of the molecule is NC(=O)C12CC3C[C@H](C1)C(NC(=O)ON1CCN(c4ccc(N5CCN(C6CCOCC6)CC5)cc4)c4ccccc41)[C@@H](C3)C2.